The van der Waals surface area contributed by atoms with E-state index in [-0.39, 0.29) is 5.76 Å². The van der Waals surface area contributed by atoms with Crippen molar-refractivity contribution in [3.63, 3.8) is 0 Å². The highest BCUT2D eigenvalue weighted by Gasteiger charge is 2.18. The fourth-order valence-electron chi connectivity index (χ4n) is 2.99. The topological polar surface area (TPSA) is 82.8 Å². The first-order valence-corrected chi connectivity index (χ1v) is 9.01. The van der Waals surface area contributed by atoms with Crippen LogP contribution < -0.4 is 19.5 Å². The first-order valence-electron chi connectivity index (χ1n) is 8.63. The predicted molar refractivity (Wildman–Crippen MR) is 111 cm³/mol. The lowest BCUT2D eigenvalue weighted by Crippen LogP contribution is -2.11. The van der Waals surface area contributed by atoms with Crippen LogP contribution in [0, 0.1) is 0 Å². The van der Waals surface area contributed by atoms with Crippen molar-refractivity contribution in [2.45, 2.75) is 0 Å². The second-order valence-electron chi connectivity index (χ2n) is 6.19. The number of rotatable bonds is 5. The Bertz CT molecular complexity index is 1230. The van der Waals surface area contributed by atoms with Gasteiger partial charge in [-0.1, -0.05) is 11.6 Å². The van der Waals surface area contributed by atoms with Gasteiger partial charge in [-0.05, 0) is 30.3 Å². The number of furan rings is 1. The van der Waals surface area contributed by atoms with Crippen molar-refractivity contribution in [2.75, 3.05) is 26.6 Å². The van der Waals surface area contributed by atoms with E-state index >= 15 is 0 Å². The summed E-state index contributed by atoms with van der Waals surface area (Å²) in [6.07, 6.45) is 0. The third-order valence-corrected chi connectivity index (χ3v) is 4.75. The maximum Gasteiger partial charge on any atom is 0.291 e. The molecule has 0 aliphatic carbocycles. The number of nitrogens with zero attached hydrogens (tertiary/aromatic N) is 1. The van der Waals surface area contributed by atoms with Crippen molar-refractivity contribution in [1.82, 2.24) is 4.98 Å². The molecule has 148 valence electrons. The van der Waals surface area contributed by atoms with Gasteiger partial charge in [-0.3, -0.25) is 4.79 Å². The van der Waals surface area contributed by atoms with E-state index < -0.39 is 5.91 Å². The summed E-state index contributed by atoms with van der Waals surface area (Å²) >= 11 is 6.16. The molecule has 0 aliphatic rings. The number of amides is 1. The van der Waals surface area contributed by atoms with Crippen molar-refractivity contribution < 1.29 is 23.4 Å². The van der Waals surface area contributed by atoms with E-state index in [1.807, 2.05) is 18.2 Å². The van der Waals surface area contributed by atoms with E-state index in [1.54, 1.807) is 31.4 Å². The van der Waals surface area contributed by atoms with Gasteiger partial charge in [0.25, 0.3) is 5.91 Å². The summed E-state index contributed by atoms with van der Waals surface area (Å²) in [7, 11) is 4.58. The van der Waals surface area contributed by atoms with Crippen LogP contribution in [0.15, 0.2) is 46.9 Å². The first kappa shape index (κ1) is 18.9. The van der Waals surface area contributed by atoms with Crippen molar-refractivity contribution >= 4 is 45.2 Å². The summed E-state index contributed by atoms with van der Waals surface area (Å²) in [5.41, 5.74) is 1.46. The molecule has 1 amide bonds. The van der Waals surface area contributed by atoms with Gasteiger partial charge in [-0.2, -0.15) is 0 Å². The van der Waals surface area contributed by atoms with Crippen LogP contribution in [0.5, 0.6) is 17.2 Å². The molecule has 2 aromatic carbocycles. The molecule has 4 aromatic rings. The van der Waals surface area contributed by atoms with Crippen LogP contribution in [0.2, 0.25) is 5.02 Å². The molecule has 7 nitrogen and oxygen atoms in total. The lowest BCUT2D eigenvalue weighted by atomic mass is 10.2. The molecule has 0 unspecified atom stereocenters. The highest BCUT2D eigenvalue weighted by atomic mass is 35.5. The summed E-state index contributed by atoms with van der Waals surface area (Å²) in [6, 6.07) is 12.3. The molecule has 0 saturated carbocycles. The van der Waals surface area contributed by atoms with Crippen LogP contribution in [-0.2, 0) is 0 Å². The zero-order valence-electron chi connectivity index (χ0n) is 15.9. The monoisotopic (exact) mass is 412 g/mol. The number of nitrogens with one attached hydrogen (secondary N) is 1. The quantitative estimate of drug-likeness (QED) is 0.501. The number of fused-ring (bicyclic) bond motifs is 2. The van der Waals surface area contributed by atoms with Crippen molar-refractivity contribution in [1.29, 1.82) is 0 Å². The third kappa shape index (κ3) is 3.52. The van der Waals surface area contributed by atoms with Gasteiger partial charge in [-0.25, -0.2) is 4.98 Å². The minimum absolute atomic E-state index is 0.115. The van der Waals surface area contributed by atoms with Gasteiger partial charge in [0.05, 0.1) is 37.6 Å². The molecule has 0 radical (unpaired) electrons. The van der Waals surface area contributed by atoms with Crippen LogP contribution in [0.25, 0.3) is 22.0 Å². The van der Waals surface area contributed by atoms with Crippen molar-refractivity contribution in [2.24, 2.45) is 0 Å². The second kappa shape index (κ2) is 7.52. The number of ether oxygens (including phenoxy) is 3. The van der Waals surface area contributed by atoms with Crippen LogP contribution in [0.3, 0.4) is 0 Å². The van der Waals surface area contributed by atoms with Gasteiger partial charge in [0.2, 0.25) is 5.71 Å². The predicted octanol–water partition coefficient (Wildman–Crippen LogP) is 4.91. The zero-order valence-corrected chi connectivity index (χ0v) is 16.7. The molecule has 0 spiro atoms. The molecule has 2 heterocycles. The molecule has 8 heteroatoms. The smallest absolute Gasteiger partial charge is 0.291 e. The number of anilines is 1. The number of hydrogen-bond acceptors (Lipinski definition) is 6. The van der Waals surface area contributed by atoms with Gasteiger partial charge in [0.1, 0.15) is 17.2 Å². The van der Waals surface area contributed by atoms with Gasteiger partial charge in [0.15, 0.2) is 5.76 Å². The Morgan fingerprint density at radius 3 is 2.48 bits per heavy atom. The molecule has 2 aromatic heterocycles. The average Bonchev–Trinajstić information content (AvgIpc) is 3.14. The molecule has 0 bridgehead atoms. The fourth-order valence-corrected chi connectivity index (χ4v) is 3.23. The number of pyridine rings is 1. The third-order valence-electron chi connectivity index (χ3n) is 4.46. The Hall–Kier alpha value is -3.45. The molecule has 29 heavy (non-hydrogen) atoms. The maximum absolute atomic E-state index is 12.7. The minimum atomic E-state index is -0.454. The Morgan fingerprint density at radius 1 is 0.966 bits per heavy atom. The van der Waals surface area contributed by atoms with Gasteiger partial charge < -0.3 is 23.9 Å². The standard InChI is InChI=1S/C21H17ClN2O5/c1-26-13-5-4-11-6-12-7-19(29-21(12)24-15(11)8-13)20(25)23-16-9-14(22)17(27-2)10-18(16)28-3/h4-10H,1-3H3,(H,23,25). The fraction of sp³-hybridized carbons (Fsp3) is 0.143. The summed E-state index contributed by atoms with van der Waals surface area (Å²) in [5, 5.41) is 4.71. The number of hydrogen-bond donors (Lipinski definition) is 1. The molecule has 1 N–H and O–H groups in total. The molecular weight excluding hydrogens is 396 g/mol. The Labute approximate surface area is 171 Å². The van der Waals surface area contributed by atoms with Crippen LogP contribution in [0.1, 0.15) is 10.6 Å². The molecule has 4 rings (SSSR count). The van der Waals surface area contributed by atoms with E-state index in [1.165, 1.54) is 14.2 Å². The molecule has 0 atom stereocenters. The number of halogens is 1. The Morgan fingerprint density at radius 2 is 1.76 bits per heavy atom. The van der Waals surface area contributed by atoms with E-state index in [0.717, 1.165) is 5.39 Å². The van der Waals surface area contributed by atoms with Gasteiger partial charge in [0, 0.05) is 22.9 Å². The first-order chi connectivity index (χ1) is 14.0. The van der Waals surface area contributed by atoms with Crippen molar-refractivity contribution in [3.8, 4) is 17.2 Å². The molecule has 0 fully saturated rings. The lowest BCUT2D eigenvalue weighted by molar-refractivity contribution is 0.0998. The van der Waals surface area contributed by atoms with Gasteiger partial charge in [-0.15, -0.1) is 0 Å². The SMILES string of the molecule is COc1ccc2cc3cc(C(=O)Nc4cc(Cl)c(OC)cc4OC)oc3nc2c1. The summed E-state index contributed by atoms with van der Waals surface area (Å²) in [6.45, 7) is 0. The summed E-state index contributed by atoms with van der Waals surface area (Å²) < 4.78 is 21.4. The summed E-state index contributed by atoms with van der Waals surface area (Å²) in [4.78, 5) is 17.2. The normalized spacial score (nSPS) is 10.9. The van der Waals surface area contributed by atoms with Crippen molar-refractivity contribution in [3.05, 3.63) is 53.2 Å². The van der Waals surface area contributed by atoms with Crippen LogP contribution in [0.4, 0.5) is 5.69 Å². The summed E-state index contributed by atoms with van der Waals surface area (Å²) in [5.74, 6) is 1.20. The minimum Gasteiger partial charge on any atom is -0.497 e. The second-order valence-corrected chi connectivity index (χ2v) is 6.60. The number of carbonyl (C=O) groups is 1. The van der Waals surface area contributed by atoms with E-state index in [0.29, 0.717) is 44.6 Å². The highest BCUT2D eigenvalue weighted by Crippen LogP contribution is 2.36. The van der Waals surface area contributed by atoms with Gasteiger partial charge >= 0.3 is 0 Å². The Balaban J connectivity index is 1.68. The average molecular weight is 413 g/mol. The highest BCUT2D eigenvalue weighted by molar-refractivity contribution is 6.32. The lowest BCUT2D eigenvalue weighted by Gasteiger charge is -2.12. The number of benzene rings is 2. The largest absolute Gasteiger partial charge is 0.497 e. The molecule has 0 saturated heterocycles. The van der Waals surface area contributed by atoms with E-state index in [4.69, 9.17) is 30.2 Å². The van der Waals surface area contributed by atoms with E-state index in [9.17, 15) is 4.79 Å². The molecule has 0 aliphatic heterocycles. The number of carbonyl (C=O) groups excluding carboxylic acids is 1. The maximum atomic E-state index is 12.7. The van der Waals surface area contributed by atoms with Crippen LogP contribution in [-0.4, -0.2) is 32.2 Å². The Kier molecular flexibility index (Phi) is 4.90. The van der Waals surface area contributed by atoms with E-state index in [2.05, 4.69) is 10.3 Å². The molecular formula is C21H17ClN2O5. The number of methoxy groups -OCH3 is 3. The zero-order chi connectivity index (χ0) is 20.5. The number of aromatic nitrogens is 1. The van der Waals surface area contributed by atoms with Crippen LogP contribution >= 0.6 is 11.6 Å².